The van der Waals surface area contributed by atoms with E-state index in [0.29, 0.717) is 11.8 Å². The second-order valence-corrected chi connectivity index (χ2v) is 12.2. The zero-order valence-corrected chi connectivity index (χ0v) is 22.2. The minimum absolute atomic E-state index is 0.195. The number of nitrogens with one attached hydrogen (secondary N) is 1. The van der Waals surface area contributed by atoms with Gasteiger partial charge in [0.05, 0.1) is 11.0 Å². The summed E-state index contributed by atoms with van der Waals surface area (Å²) in [5.41, 5.74) is 3.15. The van der Waals surface area contributed by atoms with Gasteiger partial charge in [-0.05, 0) is 74.6 Å². The van der Waals surface area contributed by atoms with Crippen molar-refractivity contribution in [2.24, 2.45) is 18.4 Å². The van der Waals surface area contributed by atoms with Crippen molar-refractivity contribution in [3.8, 4) is 0 Å². The van der Waals surface area contributed by atoms with Gasteiger partial charge in [0.25, 0.3) is 0 Å². The van der Waals surface area contributed by atoms with Gasteiger partial charge in [0, 0.05) is 39.6 Å². The lowest BCUT2D eigenvalue weighted by Gasteiger charge is -2.54. The number of para-hydroxylation sites is 1. The zero-order chi connectivity index (χ0) is 25.6. The number of piperidine rings is 2. The number of hydrogen-bond acceptors (Lipinski definition) is 5. The zero-order valence-electron chi connectivity index (χ0n) is 22.2. The van der Waals surface area contributed by atoms with Crippen molar-refractivity contribution in [3.63, 3.8) is 0 Å². The first-order valence-corrected chi connectivity index (χ1v) is 14.4. The van der Waals surface area contributed by atoms with Crippen LogP contribution in [-0.4, -0.2) is 70.0 Å². The van der Waals surface area contributed by atoms with Crippen molar-refractivity contribution >= 4 is 22.8 Å². The Morgan fingerprint density at radius 1 is 0.973 bits per heavy atom. The molecule has 1 unspecified atom stereocenters. The lowest BCUT2D eigenvalue weighted by molar-refractivity contribution is -0.135. The van der Waals surface area contributed by atoms with Gasteiger partial charge < -0.3 is 9.80 Å². The first-order valence-electron chi connectivity index (χ1n) is 14.4. The average Bonchev–Trinajstić information content (AvgIpc) is 3.13. The summed E-state index contributed by atoms with van der Waals surface area (Å²) < 4.78 is 3.26. The van der Waals surface area contributed by atoms with Gasteiger partial charge in [0.2, 0.25) is 11.8 Å². The van der Waals surface area contributed by atoms with Crippen LogP contribution >= 0.6 is 0 Å². The van der Waals surface area contributed by atoms with Crippen LogP contribution in [0.2, 0.25) is 0 Å². The molecule has 4 aliphatic rings. The number of aryl methyl sites for hydroxylation is 1. The predicted molar refractivity (Wildman–Crippen MR) is 143 cm³/mol. The number of hydrogen-bond donors (Lipinski definition) is 1. The molecule has 1 N–H and O–H groups in total. The molecule has 3 saturated heterocycles. The van der Waals surface area contributed by atoms with Gasteiger partial charge in [-0.15, -0.1) is 0 Å². The van der Waals surface area contributed by atoms with E-state index in [0.717, 1.165) is 35.5 Å². The van der Waals surface area contributed by atoms with Crippen molar-refractivity contribution in [2.45, 2.75) is 70.3 Å². The fraction of sp³-hybridized carbons (Fsp3) is 0.690. The van der Waals surface area contributed by atoms with Crippen LogP contribution in [0.4, 0.5) is 0 Å². The summed E-state index contributed by atoms with van der Waals surface area (Å²) in [5.74, 6) is 0.286. The lowest BCUT2D eigenvalue weighted by Crippen LogP contribution is -2.60. The summed E-state index contributed by atoms with van der Waals surface area (Å²) in [4.78, 5) is 42.6. The first-order chi connectivity index (χ1) is 17.9. The van der Waals surface area contributed by atoms with E-state index in [-0.39, 0.29) is 23.9 Å². The van der Waals surface area contributed by atoms with E-state index >= 15 is 0 Å². The molecule has 37 heavy (non-hydrogen) atoms. The fourth-order valence-electron chi connectivity index (χ4n) is 7.55. The molecule has 1 aromatic heterocycles. The number of benzene rings is 1. The number of carbonyl (C=O) groups is 2. The fourth-order valence-corrected chi connectivity index (χ4v) is 7.55. The van der Waals surface area contributed by atoms with Gasteiger partial charge in [-0.3, -0.25) is 24.0 Å². The first kappa shape index (κ1) is 24.9. The molecular weight excluding hydrogens is 466 g/mol. The maximum atomic E-state index is 13.2. The third-order valence-corrected chi connectivity index (χ3v) is 9.68. The maximum Gasteiger partial charge on any atom is 0.329 e. The average molecular weight is 508 g/mol. The predicted octanol–water partition coefficient (Wildman–Crippen LogP) is 2.84. The molecule has 1 aliphatic carbocycles. The molecule has 1 aromatic carbocycles. The van der Waals surface area contributed by atoms with Gasteiger partial charge in [-0.2, -0.15) is 0 Å². The Hall–Kier alpha value is -2.45. The van der Waals surface area contributed by atoms with E-state index < -0.39 is 6.04 Å². The van der Waals surface area contributed by atoms with Crippen LogP contribution in [-0.2, 0) is 23.1 Å². The largest absolute Gasteiger partial charge is 0.329 e. The van der Waals surface area contributed by atoms with E-state index in [1.807, 2.05) is 12.1 Å². The Morgan fingerprint density at radius 3 is 2.46 bits per heavy atom. The summed E-state index contributed by atoms with van der Waals surface area (Å²) in [7, 11) is 1.79. The number of amides is 2. The number of imide groups is 1. The number of aromatic nitrogens is 2. The van der Waals surface area contributed by atoms with Gasteiger partial charge in [0.1, 0.15) is 6.04 Å². The SMILES string of the molecule is Cn1c(=O)n(C2CCC(=O)NC2=O)c2cccc(CCN3CC4(CCN(CC5CCCCC5)CC4)C3)c21. The summed E-state index contributed by atoms with van der Waals surface area (Å²) in [6.45, 7) is 7.22. The van der Waals surface area contributed by atoms with Crippen LogP contribution in [0.25, 0.3) is 11.0 Å². The number of imidazole rings is 1. The van der Waals surface area contributed by atoms with E-state index in [1.165, 1.54) is 77.7 Å². The molecule has 3 aliphatic heterocycles. The van der Waals surface area contributed by atoms with Crippen LogP contribution in [0.5, 0.6) is 0 Å². The summed E-state index contributed by atoms with van der Waals surface area (Å²) in [6.07, 6.45) is 11.3. The molecule has 0 radical (unpaired) electrons. The molecular formula is C29H41N5O3. The van der Waals surface area contributed by atoms with Gasteiger partial charge >= 0.3 is 5.69 Å². The highest BCUT2D eigenvalue weighted by Crippen LogP contribution is 2.41. The maximum absolute atomic E-state index is 13.2. The standard InChI is InChI=1S/C29H41N5O3/c1-31-26-22(8-5-9-23(26)34(28(31)37)24-10-11-25(35)30-27(24)36)12-15-33-19-29(20-33)13-16-32(17-14-29)18-21-6-3-2-4-7-21/h5,8-9,21,24H,2-4,6-7,10-20H2,1H3,(H,30,35,36). The molecule has 2 aromatic rings. The van der Waals surface area contributed by atoms with Crippen LogP contribution in [0.3, 0.4) is 0 Å². The van der Waals surface area contributed by atoms with Gasteiger partial charge in [-0.1, -0.05) is 31.4 Å². The van der Waals surface area contributed by atoms with Crippen LogP contribution in [0.15, 0.2) is 23.0 Å². The summed E-state index contributed by atoms with van der Waals surface area (Å²) in [6, 6.07) is 5.38. The molecule has 2 amide bonds. The Balaban J connectivity index is 1.07. The number of nitrogens with zero attached hydrogens (tertiary/aromatic N) is 4. The third kappa shape index (κ3) is 4.78. The highest BCUT2D eigenvalue weighted by molar-refractivity contribution is 6.00. The smallest absolute Gasteiger partial charge is 0.303 e. The Bertz CT molecular complexity index is 1220. The molecule has 8 nitrogen and oxygen atoms in total. The monoisotopic (exact) mass is 507 g/mol. The number of carbonyl (C=O) groups excluding carboxylic acids is 2. The number of rotatable bonds is 6. The van der Waals surface area contributed by atoms with E-state index in [9.17, 15) is 14.4 Å². The Kier molecular flexibility index (Phi) is 6.74. The van der Waals surface area contributed by atoms with Crippen molar-refractivity contribution in [3.05, 3.63) is 34.2 Å². The summed E-state index contributed by atoms with van der Waals surface area (Å²) >= 11 is 0. The Morgan fingerprint density at radius 2 is 1.73 bits per heavy atom. The third-order valence-electron chi connectivity index (χ3n) is 9.68. The lowest BCUT2D eigenvalue weighted by atomic mass is 9.71. The van der Waals surface area contributed by atoms with Crippen molar-refractivity contribution in [1.29, 1.82) is 0 Å². The minimum atomic E-state index is -0.636. The van der Waals surface area contributed by atoms with Crippen LogP contribution < -0.4 is 11.0 Å². The molecule has 8 heteroatoms. The van der Waals surface area contributed by atoms with E-state index in [2.05, 4.69) is 21.2 Å². The van der Waals surface area contributed by atoms with Crippen LogP contribution in [0, 0.1) is 11.3 Å². The van der Waals surface area contributed by atoms with Crippen molar-refractivity contribution < 1.29 is 9.59 Å². The quantitative estimate of drug-likeness (QED) is 0.609. The highest BCUT2D eigenvalue weighted by atomic mass is 16.2. The van der Waals surface area contributed by atoms with Gasteiger partial charge in [-0.25, -0.2) is 4.79 Å². The molecule has 1 saturated carbocycles. The molecule has 1 atom stereocenters. The Labute approximate surface area is 219 Å². The second-order valence-electron chi connectivity index (χ2n) is 12.2. The molecule has 4 heterocycles. The van der Waals surface area contributed by atoms with Crippen molar-refractivity contribution in [2.75, 3.05) is 39.3 Å². The molecule has 1 spiro atoms. The number of likely N-dealkylation sites (tertiary alicyclic amines) is 2. The van der Waals surface area contributed by atoms with Gasteiger partial charge in [0.15, 0.2) is 0 Å². The molecule has 0 bridgehead atoms. The molecule has 200 valence electrons. The van der Waals surface area contributed by atoms with Crippen molar-refractivity contribution in [1.82, 2.24) is 24.3 Å². The topological polar surface area (TPSA) is 79.6 Å². The van der Waals surface area contributed by atoms with E-state index in [1.54, 1.807) is 16.2 Å². The summed E-state index contributed by atoms with van der Waals surface area (Å²) in [5, 5.41) is 2.39. The number of fused-ring (bicyclic) bond motifs is 1. The minimum Gasteiger partial charge on any atom is -0.303 e. The van der Waals surface area contributed by atoms with E-state index in [4.69, 9.17) is 0 Å². The van der Waals surface area contributed by atoms with Crippen LogP contribution in [0.1, 0.15) is 69.4 Å². The second kappa shape index (κ2) is 10.0. The normalized spacial score (nSPS) is 25.5. The highest BCUT2D eigenvalue weighted by Gasteiger charge is 2.44. The molecule has 4 fully saturated rings. The molecule has 6 rings (SSSR count).